The summed E-state index contributed by atoms with van der Waals surface area (Å²) in [6, 6.07) is 19.1. The predicted molar refractivity (Wildman–Crippen MR) is 114 cm³/mol. The lowest BCUT2D eigenvalue weighted by molar-refractivity contribution is -0.108. The number of nitrogens with zero attached hydrogens (tertiary/aromatic N) is 2. The van der Waals surface area contributed by atoms with Gasteiger partial charge in [0.25, 0.3) is 0 Å². The van der Waals surface area contributed by atoms with Crippen molar-refractivity contribution in [3.8, 4) is 0 Å². The highest BCUT2D eigenvalue weighted by atomic mass is 16.1. The van der Waals surface area contributed by atoms with E-state index in [-0.39, 0.29) is 6.04 Å². The zero-order valence-electron chi connectivity index (χ0n) is 15.7. The van der Waals surface area contributed by atoms with Crippen molar-refractivity contribution in [1.29, 1.82) is 0 Å². The molecule has 1 saturated carbocycles. The number of aromatic nitrogens is 2. The van der Waals surface area contributed by atoms with Crippen LogP contribution in [0, 0.1) is 0 Å². The van der Waals surface area contributed by atoms with E-state index in [0.717, 1.165) is 48.7 Å². The van der Waals surface area contributed by atoms with Crippen LogP contribution in [-0.4, -0.2) is 22.4 Å². The lowest BCUT2D eigenvalue weighted by atomic mass is 9.81. The number of H-pyrrole nitrogens is 1. The van der Waals surface area contributed by atoms with Gasteiger partial charge < -0.3 is 9.88 Å². The fourth-order valence-electron chi connectivity index (χ4n) is 4.66. The molecule has 0 spiro atoms. The van der Waals surface area contributed by atoms with Crippen LogP contribution in [0.4, 0.5) is 5.69 Å². The number of pyridine rings is 1. The second kappa shape index (κ2) is 7.12. The van der Waals surface area contributed by atoms with Crippen LogP contribution in [0.15, 0.2) is 67.0 Å². The quantitative estimate of drug-likeness (QED) is 0.489. The summed E-state index contributed by atoms with van der Waals surface area (Å²) < 4.78 is 0. The van der Waals surface area contributed by atoms with Crippen LogP contribution in [0.3, 0.4) is 0 Å². The number of hydrogen-bond donors (Lipinski definition) is 1. The number of aromatic amines is 1. The number of rotatable bonds is 4. The molecule has 1 amide bonds. The van der Waals surface area contributed by atoms with Crippen molar-refractivity contribution in [3.63, 3.8) is 0 Å². The number of carbonyl (C=O) groups excluding carboxylic acids is 1. The summed E-state index contributed by atoms with van der Waals surface area (Å²) in [6.45, 7) is 0. The van der Waals surface area contributed by atoms with Crippen LogP contribution in [0.1, 0.15) is 37.2 Å². The summed E-state index contributed by atoms with van der Waals surface area (Å²) in [5.41, 5.74) is 4.50. The van der Waals surface area contributed by atoms with Gasteiger partial charge in [0.2, 0.25) is 6.41 Å². The Labute approximate surface area is 164 Å². The third-order valence-corrected chi connectivity index (χ3v) is 6.16. The molecule has 0 saturated heterocycles. The maximum Gasteiger partial charge on any atom is 0.214 e. The van der Waals surface area contributed by atoms with Gasteiger partial charge in [0.1, 0.15) is 0 Å². The number of amides is 1. The summed E-state index contributed by atoms with van der Waals surface area (Å²) in [7, 11) is 0. The first-order valence-corrected chi connectivity index (χ1v) is 9.98. The Morgan fingerprint density at radius 2 is 1.86 bits per heavy atom. The van der Waals surface area contributed by atoms with Crippen LogP contribution < -0.4 is 4.90 Å². The maximum atomic E-state index is 12.0. The Bertz CT molecular complexity index is 1120. The van der Waals surface area contributed by atoms with Gasteiger partial charge >= 0.3 is 0 Å². The van der Waals surface area contributed by atoms with Gasteiger partial charge in [-0.3, -0.25) is 9.78 Å². The fraction of sp³-hybridized carbons (Fsp3) is 0.250. The number of hydrogen-bond acceptors (Lipinski definition) is 2. The van der Waals surface area contributed by atoms with Gasteiger partial charge in [-0.05, 0) is 72.9 Å². The molecule has 0 atom stereocenters. The van der Waals surface area contributed by atoms with Crippen LogP contribution in [0.2, 0.25) is 0 Å². The Kier molecular flexibility index (Phi) is 4.32. The van der Waals surface area contributed by atoms with E-state index in [9.17, 15) is 4.79 Å². The Hall–Kier alpha value is -3.14. The van der Waals surface area contributed by atoms with E-state index in [2.05, 4.69) is 34.2 Å². The first-order chi connectivity index (χ1) is 13.8. The molecule has 140 valence electrons. The normalized spacial score (nSPS) is 19.7. The van der Waals surface area contributed by atoms with Crippen molar-refractivity contribution in [2.75, 3.05) is 4.90 Å². The van der Waals surface area contributed by atoms with Gasteiger partial charge in [0, 0.05) is 29.3 Å². The molecule has 28 heavy (non-hydrogen) atoms. The first kappa shape index (κ1) is 17.0. The minimum atomic E-state index is 0.246. The number of carbonyl (C=O) groups is 1. The maximum absolute atomic E-state index is 12.0. The van der Waals surface area contributed by atoms with E-state index in [1.807, 2.05) is 41.4 Å². The molecule has 1 fully saturated rings. The van der Waals surface area contributed by atoms with E-state index in [1.165, 1.54) is 16.5 Å². The lowest BCUT2D eigenvalue weighted by Crippen LogP contribution is -2.37. The number of anilines is 1. The molecular formula is C24H23N3O. The van der Waals surface area contributed by atoms with Gasteiger partial charge in [-0.2, -0.15) is 0 Å². The van der Waals surface area contributed by atoms with Gasteiger partial charge in [-0.25, -0.2) is 0 Å². The third-order valence-electron chi connectivity index (χ3n) is 6.16. The number of fused-ring (bicyclic) bond motifs is 2. The van der Waals surface area contributed by atoms with Crippen LogP contribution in [0.25, 0.3) is 21.8 Å². The van der Waals surface area contributed by atoms with Crippen molar-refractivity contribution >= 4 is 33.9 Å². The topological polar surface area (TPSA) is 49.0 Å². The third kappa shape index (κ3) is 2.95. The largest absolute Gasteiger partial charge is 0.361 e. The van der Waals surface area contributed by atoms with E-state index in [1.54, 1.807) is 6.20 Å². The fourth-order valence-corrected chi connectivity index (χ4v) is 4.66. The smallest absolute Gasteiger partial charge is 0.214 e. The molecule has 2 aromatic carbocycles. The number of nitrogens with one attached hydrogen (secondary N) is 1. The molecule has 1 N–H and O–H groups in total. The highest BCUT2D eigenvalue weighted by Gasteiger charge is 2.27. The molecule has 1 aliphatic rings. The molecule has 0 unspecified atom stereocenters. The highest BCUT2D eigenvalue weighted by Crippen LogP contribution is 2.37. The predicted octanol–water partition coefficient (Wildman–Crippen LogP) is 5.41. The standard InChI is InChI=1S/C24H23N3O/c28-16-27(24-12-14-26-23-4-2-1-3-21(23)24)20-8-5-17(6-9-20)18-7-10-22-19(15-18)11-13-25-22/h1-4,7,10-17,20,25H,5-6,8-9H2. The Morgan fingerprint density at radius 1 is 1.00 bits per heavy atom. The van der Waals surface area contributed by atoms with E-state index < -0.39 is 0 Å². The second-order valence-electron chi connectivity index (χ2n) is 7.69. The summed E-state index contributed by atoms with van der Waals surface area (Å²) in [5, 5.41) is 2.31. The average Bonchev–Trinajstić information content (AvgIpc) is 3.23. The van der Waals surface area contributed by atoms with Gasteiger partial charge in [0.15, 0.2) is 0 Å². The van der Waals surface area contributed by atoms with Crippen molar-refractivity contribution in [2.45, 2.75) is 37.6 Å². The molecule has 4 nitrogen and oxygen atoms in total. The molecule has 1 aliphatic carbocycles. The van der Waals surface area contributed by atoms with Crippen LogP contribution in [0.5, 0.6) is 0 Å². The van der Waals surface area contributed by atoms with Gasteiger partial charge in [-0.1, -0.05) is 24.3 Å². The summed E-state index contributed by atoms with van der Waals surface area (Å²) >= 11 is 0. The minimum absolute atomic E-state index is 0.246. The SMILES string of the molecule is O=CN(c1ccnc2ccccc12)C1CCC(c2ccc3[nH]ccc3c2)CC1. The van der Waals surface area contributed by atoms with Crippen molar-refractivity contribution in [1.82, 2.24) is 9.97 Å². The zero-order valence-corrected chi connectivity index (χ0v) is 15.7. The second-order valence-corrected chi connectivity index (χ2v) is 7.69. The first-order valence-electron chi connectivity index (χ1n) is 9.98. The molecule has 0 bridgehead atoms. The van der Waals surface area contributed by atoms with Crippen molar-refractivity contribution in [2.24, 2.45) is 0 Å². The number of benzene rings is 2. The minimum Gasteiger partial charge on any atom is -0.361 e. The zero-order chi connectivity index (χ0) is 18.9. The van der Waals surface area contributed by atoms with Crippen LogP contribution in [-0.2, 0) is 4.79 Å². The summed E-state index contributed by atoms with van der Waals surface area (Å²) in [6.07, 6.45) is 9.04. The Balaban J connectivity index is 1.36. The van der Waals surface area contributed by atoms with E-state index in [4.69, 9.17) is 0 Å². The molecule has 5 rings (SSSR count). The molecule has 2 aromatic heterocycles. The van der Waals surface area contributed by atoms with Gasteiger partial charge in [0.05, 0.1) is 11.2 Å². The van der Waals surface area contributed by atoms with Gasteiger partial charge in [-0.15, -0.1) is 0 Å². The highest BCUT2D eigenvalue weighted by molar-refractivity contribution is 5.96. The summed E-state index contributed by atoms with van der Waals surface area (Å²) in [5.74, 6) is 0.568. The lowest BCUT2D eigenvalue weighted by Gasteiger charge is -2.35. The van der Waals surface area contributed by atoms with Crippen LogP contribution >= 0.6 is 0 Å². The van der Waals surface area contributed by atoms with Crippen molar-refractivity contribution < 1.29 is 4.79 Å². The van der Waals surface area contributed by atoms with E-state index >= 15 is 0 Å². The molecule has 4 aromatic rings. The molecular weight excluding hydrogens is 346 g/mol. The molecule has 0 aliphatic heterocycles. The molecule has 0 radical (unpaired) electrons. The van der Waals surface area contributed by atoms with Crippen molar-refractivity contribution in [3.05, 3.63) is 72.6 Å². The monoisotopic (exact) mass is 369 g/mol. The molecule has 4 heteroatoms. The van der Waals surface area contributed by atoms with E-state index in [0.29, 0.717) is 5.92 Å². The average molecular weight is 369 g/mol. The molecule has 2 heterocycles. The Morgan fingerprint density at radius 3 is 2.71 bits per heavy atom. The number of para-hydroxylation sites is 1. The summed E-state index contributed by atoms with van der Waals surface area (Å²) in [4.78, 5) is 21.6.